The second-order valence-corrected chi connectivity index (χ2v) is 6.77. The molecule has 2 rings (SSSR count). The number of hydrogen-bond donors (Lipinski definition) is 0. The Morgan fingerprint density at radius 3 is 2.24 bits per heavy atom. The van der Waals surface area contributed by atoms with E-state index in [1.807, 2.05) is 0 Å². The zero-order chi connectivity index (χ0) is 18.4. The van der Waals surface area contributed by atoms with Crippen LogP contribution in [0.3, 0.4) is 0 Å². The first kappa shape index (κ1) is 19.4. The van der Waals surface area contributed by atoms with Gasteiger partial charge >= 0.3 is 5.51 Å². The van der Waals surface area contributed by atoms with E-state index >= 15 is 0 Å². The zero-order valence-electron chi connectivity index (χ0n) is 13.8. The molecule has 0 atom stereocenters. The molecule has 0 unspecified atom stereocenters. The van der Waals surface area contributed by atoms with Gasteiger partial charge in [-0.05, 0) is 42.0 Å². The minimum atomic E-state index is -4.31. The molecule has 1 aromatic rings. The summed E-state index contributed by atoms with van der Waals surface area (Å²) in [6, 6.07) is 5.83. The average Bonchev–Trinajstić information content (AvgIpc) is 2.78. The number of nitrogens with zero attached hydrogens (tertiary/aromatic N) is 2. The Bertz CT molecular complexity index is 644. The second kappa shape index (κ2) is 8.42. The van der Waals surface area contributed by atoms with Crippen LogP contribution in [0.15, 0.2) is 35.2 Å². The SMILES string of the molecule is CC(=O)N1CCCN(C(=O)/C=C/c2ccc(SC(F)(F)F)cc2)CC1. The quantitative estimate of drug-likeness (QED) is 0.603. The predicted octanol–water partition coefficient (Wildman–Crippen LogP) is 3.39. The summed E-state index contributed by atoms with van der Waals surface area (Å²) in [7, 11) is 0. The van der Waals surface area contributed by atoms with E-state index in [-0.39, 0.29) is 28.5 Å². The fraction of sp³-hybridized carbons (Fsp3) is 0.412. The van der Waals surface area contributed by atoms with Crippen molar-refractivity contribution < 1.29 is 22.8 Å². The molecule has 1 fully saturated rings. The van der Waals surface area contributed by atoms with Crippen molar-refractivity contribution in [3.63, 3.8) is 0 Å². The molecule has 0 bridgehead atoms. The van der Waals surface area contributed by atoms with Gasteiger partial charge in [-0.15, -0.1) is 0 Å². The van der Waals surface area contributed by atoms with Crippen LogP contribution < -0.4 is 0 Å². The van der Waals surface area contributed by atoms with E-state index in [4.69, 9.17) is 0 Å². The van der Waals surface area contributed by atoms with Crippen LogP contribution in [0, 0.1) is 0 Å². The molecule has 0 aromatic heterocycles. The fourth-order valence-corrected chi connectivity index (χ4v) is 3.05. The number of amides is 2. The van der Waals surface area contributed by atoms with Crippen LogP contribution in [0.5, 0.6) is 0 Å². The molecule has 0 saturated carbocycles. The van der Waals surface area contributed by atoms with Gasteiger partial charge in [0.15, 0.2) is 0 Å². The molecule has 2 amide bonds. The van der Waals surface area contributed by atoms with Gasteiger partial charge in [-0.3, -0.25) is 9.59 Å². The van der Waals surface area contributed by atoms with Gasteiger partial charge in [0.1, 0.15) is 0 Å². The van der Waals surface area contributed by atoms with Crippen molar-refractivity contribution >= 4 is 29.7 Å². The van der Waals surface area contributed by atoms with E-state index in [0.29, 0.717) is 31.7 Å². The molecular formula is C17H19F3N2O2S. The van der Waals surface area contributed by atoms with Crippen molar-refractivity contribution in [1.29, 1.82) is 0 Å². The minimum absolute atomic E-state index is 0.00153. The standard InChI is InChI=1S/C17H19F3N2O2S/c1-13(23)21-9-2-10-22(12-11-21)16(24)8-5-14-3-6-15(7-4-14)25-17(18,19)20/h3-8H,2,9-12H2,1H3/b8-5+. The number of thioether (sulfide) groups is 1. The first-order valence-corrected chi connectivity index (χ1v) is 8.64. The van der Waals surface area contributed by atoms with Crippen molar-refractivity contribution in [3.8, 4) is 0 Å². The largest absolute Gasteiger partial charge is 0.446 e. The Morgan fingerprint density at radius 2 is 1.64 bits per heavy atom. The van der Waals surface area contributed by atoms with E-state index in [2.05, 4.69) is 0 Å². The molecule has 1 aliphatic rings. The highest BCUT2D eigenvalue weighted by Gasteiger charge is 2.28. The molecule has 25 heavy (non-hydrogen) atoms. The molecule has 1 saturated heterocycles. The van der Waals surface area contributed by atoms with E-state index < -0.39 is 5.51 Å². The third kappa shape index (κ3) is 6.45. The van der Waals surface area contributed by atoms with Gasteiger partial charge in [0, 0.05) is 44.1 Å². The lowest BCUT2D eigenvalue weighted by Crippen LogP contribution is -2.35. The first-order chi connectivity index (χ1) is 11.7. The molecule has 136 valence electrons. The summed E-state index contributed by atoms with van der Waals surface area (Å²) in [4.78, 5) is 27.1. The summed E-state index contributed by atoms with van der Waals surface area (Å²) in [5.41, 5.74) is -3.66. The van der Waals surface area contributed by atoms with Gasteiger partial charge in [0.25, 0.3) is 0 Å². The molecule has 1 aromatic carbocycles. The molecule has 8 heteroatoms. The molecule has 0 spiro atoms. The molecule has 1 heterocycles. The van der Waals surface area contributed by atoms with Crippen molar-refractivity contribution in [1.82, 2.24) is 9.80 Å². The number of rotatable bonds is 3. The predicted molar refractivity (Wildman–Crippen MR) is 90.8 cm³/mol. The Hall–Kier alpha value is -1.96. The van der Waals surface area contributed by atoms with Gasteiger partial charge in [-0.2, -0.15) is 13.2 Å². The first-order valence-electron chi connectivity index (χ1n) is 7.83. The van der Waals surface area contributed by atoms with Crippen LogP contribution in [-0.4, -0.2) is 53.3 Å². The third-order valence-corrected chi connectivity index (χ3v) is 4.52. The summed E-state index contributed by atoms with van der Waals surface area (Å²) >= 11 is -0.170. The van der Waals surface area contributed by atoms with Crippen LogP contribution in [0.2, 0.25) is 0 Å². The van der Waals surface area contributed by atoms with Crippen molar-refractivity contribution in [2.45, 2.75) is 23.7 Å². The van der Waals surface area contributed by atoms with Crippen molar-refractivity contribution in [3.05, 3.63) is 35.9 Å². The molecule has 0 aliphatic carbocycles. The summed E-state index contributed by atoms with van der Waals surface area (Å²) in [6.07, 6.45) is 3.72. The Balaban J connectivity index is 1.92. The lowest BCUT2D eigenvalue weighted by atomic mass is 10.2. The number of halogens is 3. The van der Waals surface area contributed by atoms with Gasteiger partial charge in [0.2, 0.25) is 11.8 Å². The minimum Gasteiger partial charge on any atom is -0.341 e. The summed E-state index contributed by atoms with van der Waals surface area (Å²) in [5.74, 6) is -0.166. The molecule has 0 radical (unpaired) electrons. The smallest absolute Gasteiger partial charge is 0.341 e. The Labute approximate surface area is 148 Å². The van der Waals surface area contributed by atoms with Gasteiger partial charge < -0.3 is 9.80 Å². The number of alkyl halides is 3. The van der Waals surface area contributed by atoms with Crippen LogP contribution in [0.25, 0.3) is 6.08 Å². The lowest BCUT2D eigenvalue weighted by Gasteiger charge is -2.20. The third-order valence-electron chi connectivity index (χ3n) is 3.78. The molecular weight excluding hydrogens is 353 g/mol. The van der Waals surface area contributed by atoms with Crippen LogP contribution >= 0.6 is 11.8 Å². The van der Waals surface area contributed by atoms with Crippen molar-refractivity contribution in [2.75, 3.05) is 26.2 Å². The zero-order valence-corrected chi connectivity index (χ0v) is 14.6. The topological polar surface area (TPSA) is 40.6 Å². The van der Waals surface area contributed by atoms with Crippen LogP contribution in [-0.2, 0) is 9.59 Å². The number of carbonyl (C=O) groups excluding carboxylic acids is 2. The highest BCUT2D eigenvalue weighted by molar-refractivity contribution is 8.00. The number of carbonyl (C=O) groups is 2. The Kier molecular flexibility index (Phi) is 6.52. The normalized spacial score (nSPS) is 16.2. The maximum absolute atomic E-state index is 12.3. The van der Waals surface area contributed by atoms with Crippen molar-refractivity contribution in [2.24, 2.45) is 0 Å². The fourth-order valence-electron chi connectivity index (χ4n) is 2.51. The van der Waals surface area contributed by atoms with E-state index in [1.165, 1.54) is 37.3 Å². The summed E-state index contributed by atoms with van der Waals surface area (Å²) in [6.45, 7) is 3.72. The van der Waals surface area contributed by atoms with E-state index in [1.54, 1.807) is 15.9 Å². The van der Waals surface area contributed by atoms with Crippen LogP contribution in [0.1, 0.15) is 18.9 Å². The van der Waals surface area contributed by atoms with E-state index in [9.17, 15) is 22.8 Å². The molecule has 1 aliphatic heterocycles. The maximum atomic E-state index is 12.3. The highest BCUT2D eigenvalue weighted by atomic mass is 32.2. The Morgan fingerprint density at radius 1 is 1.04 bits per heavy atom. The molecule has 0 N–H and O–H groups in total. The highest BCUT2D eigenvalue weighted by Crippen LogP contribution is 2.36. The number of hydrogen-bond acceptors (Lipinski definition) is 3. The molecule has 4 nitrogen and oxygen atoms in total. The lowest BCUT2D eigenvalue weighted by molar-refractivity contribution is -0.130. The van der Waals surface area contributed by atoms with Crippen LogP contribution in [0.4, 0.5) is 13.2 Å². The number of benzene rings is 1. The summed E-state index contributed by atoms with van der Waals surface area (Å²) in [5, 5.41) is 0. The average molecular weight is 372 g/mol. The monoisotopic (exact) mass is 372 g/mol. The van der Waals surface area contributed by atoms with Gasteiger partial charge in [0.05, 0.1) is 0 Å². The van der Waals surface area contributed by atoms with E-state index in [0.717, 1.165) is 6.42 Å². The second-order valence-electron chi connectivity index (χ2n) is 5.64. The van der Waals surface area contributed by atoms with Gasteiger partial charge in [-0.25, -0.2) is 0 Å². The summed E-state index contributed by atoms with van der Waals surface area (Å²) < 4.78 is 36.9. The van der Waals surface area contributed by atoms with Gasteiger partial charge in [-0.1, -0.05) is 12.1 Å². The maximum Gasteiger partial charge on any atom is 0.446 e.